The number of rotatable bonds is 3. The van der Waals surface area contributed by atoms with Crippen molar-refractivity contribution in [2.24, 2.45) is 0 Å². The minimum absolute atomic E-state index is 0.286. The maximum atomic E-state index is 12.5. The average molecular weight is 463 g/mol. The SMILES string of the molecule is CC1(c2ccco2)NC(=O)N(NC(=O)c2cc(Br)c(Br)s2)C1=O. The zero-order chi connectivity index (χ0) is 16.8. The van der Waals surface area contributed by atoms with E-state index in [1.807, 2.05) is 0 Å². The van der Waals surface area contributed by atoms with Gasteiger partial charge < -0.3 is 9.73 Å². The standard InChI is InChI=1S/C13H9Br2N3O4S/c1-13(8-3-2-4-22-8)11(20)18(12(21)16-13)17-10(19)7-5-6(14)9(15)23-7/h2-5H,1H3,(H,16,21)(H,17,19). The van der Waals surface area contributed by atoms with Crippen LogP contribution in [0, 0.1) is 0 Å². The summed E-state index contributed by atoms with van der Waals surface area (Å²) in [5, 5.41) is 3.18. The smallest absolute Gasteiger partial charge is 0.344 e. The van der Waals surface area contributed by atoms with Crippen LogP contribution in [0.15, 0.2) is 37.1 Å². The number of halogens is 2. The Morgan fingerprint density at radius 2 is 2.17 bits per heavy atom. The van der Waals surface area contributed by atoms with Gasteiger partial charge in [0.15, 0.2) is 5.54 Å². The van der Waals surface area contributed by atoms with Crippen molar-refractivity contribution < 1.29 is 18.8 Å². The second-order valence-electron chi connectivity index (χ2n) is 4.85. The second-order valence-corrected chi connectivity index (χ2v) is 8.07. The molecule has 0 aliphatic carbocycles. The molecule has 10 heteroatoms. The fraction of sp³-hybridized carbons (Fsp3) is 0.154. The summed E-state index contributed by atoms with van der Waals surface area (Å²) in [7, 11) is 0. The first-order chi connectivity index (χ1) is 10.8. The second kappa shape index (κ2) is 5.77. The maximum Gasteiger partial charge on any atom is 0.344 e. The molecule has 7 nitrogen and oxygen atoms in total. The number of carbonyl (C=O) groups excluding carboxylic acids is 3. The van der Waals surface area contributed by atoms with E-state index in [1.165, 1.54) is 24.5 Å². The van der Waals surface area contributed by atoms with Gasteiger partial charge in [0.2, 0.25) is 0 Å². The van der Waals surface area contributed by atoms with E-state index in [4.69, 9.17) is 4.42 Å². The molecule has 0 spiro atoms. The third-order valence-electron chi connectivity index (χ3n) is 3.29. The third-order valence-corrected chi connectivity index (χ3v) is 6.54. The van der Waals surface area contributed by atoms with Crippen LogP contribution in [0.25, 0.3) is 0 Å². The monoisotopic (exact) mass is 461 g/mol. The van der Waals surface area contributed by atoms with E-state index in [9.17, 15) is 14.4 Å². The molecule has 2 aromatic heterocycles. The molecule has 1 atom stereocenters. The number of thiophene rings is 1. The molecule has 4 amide bonds. The Hall–Kier alpha value is -1.65. The van der Waals surface area contributed by atoms with Crippen LogP contribution < -0.4 is 10.7 Å². The number of nitrogens with zero attached hydrogens (tertiary/aromatic N) is 1. The molecule has 0 radical (unpaired) electrons. The van der Waals surface area contributed by atoms with Gasteiger partial charge in [0.05, 0.1) is 14.9 Å². The highest BCUT2D eigenvalue weighted by molar-refractivity contribution is 9.13. The van der Waals surface area contributed by atoms with E-state index in [-0.39, 0.29) is 5.76 Å². The molecule has 3 heterocycles. The van der Waals surface area contributed by atoms with Gasteiger partial charge in [0.1, 0.15) is 5.76 Å². The van der Waals surface area contributed by atoms with Crippen molar-refractivity contribution in [2.75, 3.05) is 0 Å². The van der Waals surface area contributed by atoms with Gasteiger partial charge in [-0.25, -0.2) is 4.79 Å². The summed E-state index contributed by atoms with van der Waals surface area (Å²) >= 11 is 7.74. The first-order valence-electron chi connectivity index (χ1n) is 6.29. The molecule has 0 bridgehead atoms. The minimum atomic E-state index is -1.36. The van der Waals surface area contributed by atoms with Crippen molar-refractivity contribution in [1.82, 2.24) is 15.8 Å². The molecule has 1 saturated heterocycles. The average Bonchev–Trinajstić information content (AvgIpc) is 3.18. The Morgan fingerprint density at radius 1 is 1.43 bits per heavy atom. The lowest BCUT2D eigenvalue weighted by molar-refractivity contribution is -0.133. The summed E-state index contributed by atoms with van der Waals surface area (Å²) in [6.45, 7) is 1.51. The first kappa shape index (κ1) is 16.2. The summed E-state index contributed by atoms with van der Waals surface area (Å²) in [5.74, 6) is -0.900. The maximum absolute atomic E-state index is 12.5. The fourth-order valence-corrected chi connectivity index (χ4v) is 4.01. The van der Waals surface area contributed by atoms with Gasteiger partial charge in [0, 0.05) is 4.47 Å². The van der Waals surface area contributed by atoms with Gasteiger partial charge in [-0.05, 0) is 57.0 Å². The van der Waals surface area contributed by atoms with Crippen molar-refractivity contribution in [2.45, 2.75) is 12.5 Å². The number of carbonyl (C=O) groups is 3. The quantitative estimate of drug-likeness (QED) is 0.686. The summed E-state index contributed by atoms with van der Waals surface area (Å²) < 4.78 is 6.66. The summed E-state index contributed by atoms with van der Waals surface area (Å²) in [5.41, 5.74) is 0.956. The number of furan rings is 1. The largest absolute Gasteiger partial charge is 0.466 e. The molecule has 120 valence electrons. The first-order valence-corrected chi connectivity index (χ1v) is 8.69. The van der Waals surface area contributed by atoms with Gasteiger partial charge in [-0.3, -0.25) is 15.0 Å². The highest BCUT2D eigenvalue weighted by Gasteiger charge is 2.52. The molecule has 0 saturated carbocycles. The van der Waals surface area contributed by atoms with Crippen molar-refractivity contribution >= 4 is 61.0 Å². The number of nitrogens with one attached hydrogen (secondary N) is 2. The Bertz CT molecular complexity index is 785. The molecule has 0 aromatic carbocycles. The number of amides is 4. The van der Waals surface area contributed by atoms with Crippen molar-refractivity contribution in [3.63, 3.8) is 0 Å². The van der Waals surface area contributed by atoms with Crippen LogP contribution in [0.4, 0.5) is 4.79 Å². The zero-order valence-electron chi connectivity index (χ0n) is 11.6. The predicted octanol–water partition coefficient (Wildman–Crippen LogP) is 2.98. The summed E-state index contributed by atoms with van der Waals surface area (Å²) in [4.78, 5) is 37.1. The van der Waals surface area contributed by atoms with E-state index in [0.717, 1.165) is 3.79 Å². The molecule has 2 aromatic rings. The van der Waals surface area contributed by atoms with Crippen LogP contribution in [-0.2, 0) is 10.3 Å². The minimum Gasteiger partial charge on any atom is -0.466 e. The van der Waals surface area contributed by atoms with Crippen LogP contribution in [-0.4, -0.2) is 22.9 Å². The van der Waals surface area contributed by atoms with Crippen LogP contribution in [0.2, 0.25) is 0 Å². The molecule has 2 N–H and O–H groups in total. The topological polar surface area (TPSA) is 91.7 Å². The zero-order valence-corrected chi connectivity index (χ0v) is 15.5. The Morgan fingerprint density at radius 3 is 2.74 bits per heavy atom. The Kier molecular flexibility index (Phi) is 4.07. The lowest BCUT2D eigenvalue weighted by atomic mass is 10.00. The molecule has 1 aliphatic rings. The lowest BCUT2D eigenvalue weighted by Crippen LogP contribution is -2.47. The number of imide groups is 1. The van der Waals surface area contributed by atoms with E-state index in [2.05, 4.69) is 42.6 Å². The summed E-state index contributed by atoms with van der Waals surface area (Å²) in [6, 6.07) is 4.06. The van der Waals surface area contributed by atoms with Gasteiger partial charge >= 0.3 is 6.03 Å². The molecule has 1 fully saturated rings. The van der Waals surface area contributed by atoms with E-state index in [1.54, 1.807) is 18.2 Å². The normalized spacial score (nSPS) is 20.7. The highest BCUT2D eigenvalue weighted by Crippen LogP contribution is 2.33. The third kappa shape index (κ3) is 2.70. The molecular formula is C13H9Br2N3O4S. The van der Waals surface area contributed by atoms with Crippen LogP contribution in [0.5, 0.6) is 0 Å². The fourth-order valence-electron chi connectivity index (χ4n) is 2.09. The molecule has 1 aliphatic heterocycles. The van der Waals surface area contributed by atoms with Crippen LogP contribution in [0.3, 0.4) is 0 Å². The molecular weight excluding hydrogens is 454 g/mol. The Balaban J connectivity index is 1.82. The van der Waals surface area contributed by atoms with Gasteiger partial charge in [-0.1, -0.05) is 0 Å². The molecule has 3 rings (SSSR count). The number of urea groups is 1. The van der Waals surface area contributed by atoms with E-state index in [0.29, 0.717) is 14.4 Å². The van der Waals surface area contributed by atoms with Gasteiger partial charge in [-0.15, -0.1) is 11.3 Å². The number of hydrogen-bond acceptors (Lipinski definition) is 5. The lowest BCUT2D eigenvalue weighted by Gasteiger charge is -2.18. The van der Waals surface area contributed by atoms with Crippen molar-refractivity contribution in [1.29, 1.82) is 0 Å². The van der Waals surface area contributed by atoms with Crippen LogP contribution in [0.1, 0.15) is 22.4 Å². The van der Waals surface area contributed by atoms with E-state index < -0.39 is 23.4 Å². The molecule has 1 unspecified atom stereocenters. The van der Waals surface area contributed by atoms with Gasteiger partial charge in [-0.2, -0.15) is 5.01 Å². The number of hydrogen-bond donors (Lipinski definition) is 2. The van der Waals surface area contributed by atoms with Crippen molar-refractivity contribution in [3.05, 3.63) is 43.4 Å². The summed E-state index contributed by atoms with van der Waals surface area (Å²) in [6.07, 6.45) is 1.40. The van der Waals surface area contributed by atoms with Crippen molar-refractivity contribution in [3.8, 4) is 0 Å². The predicted molar refractivity (Wildman–Crippen MR) is 88.6 cm³/mol. The van der Waals surface area contributed by atoms with Crippen LogP contribution >= 0.6 is 43.2 Å². The Labute approximate surface area is 151 Å². The van der Waals surface area contributed by atoms with E-state index >= 15 is 0 Å². The number of hydrazine groups is 1. The molecule has 23 heavy (non-hydrogen) atoms. The van der Waals surface area contributed by atoms with Gasteiger partial charge in [0.25, 0.3) is 11.8 Å². The highest BCUT2D eigenvalue weighted by atomic mass is 79.9.